The number of thiophene rings is 1. The molecule has 4 heteroatoms. The van der Waals surface area contributed by atoms with Gasteiger partial charge in [0.2, 0.25) is 0 Å². The topological polar surface area (TPSA) is 9.23 Å². The molecule has 1 unspecified atom stereocenters. The lowest BCUT2D eigenvalue weighted by Gasteiger charge is -2.35. The zero-order chi connectivity index (χ0) is 11.5. The summed E-state index contributed by atoms with van der Waals surface area (Å²) in [5.41, 5.74) is 0. The van der Waals surface area contributed by atoms with Crippen molar-refractivity contribution in [3.63, 3.8) is 0 Å². The highest BCUT2D eigenvalue weighted by Crippen LogP contribution is 2.41. The number of halogens is 2. The number of ether oxygens (including phenoxy) is 1. The Hall–Kier alpha value is 0.240. The fourth-order valence-electron chi connectivity index (χ4n) is 2.14. The van der Waals surface area contributed by atoms with Crippen LogP contribution in [0, 0.1) is 5.92 Å². The average Bonchev–Trinajstić information content (AvgIpc) is 2.61. The van der Waals surface area contributed by atoms with E-state index in [0.717, 1.165) is 36.1 Å². The van der Waals surface area contributed by atoms with Crippen molar-refractivity contribution in [1.29, 1.82) is 0 Å². The summed E-state index contributed by atoms with van der Waals surface area (Å²) >= 11 is 13.8. The maximum atomic E-state index is 6.36. The van der Waals surface area contributed by atoms with Crippen LogP contribution in [-0.2, 0) is 4.74 Å². The summed E-state index contributed by atoms with van der Waals surface area (Å²) in [6.45, 7) is 2.87. The molecule has 16 heavy (non-hydrogen) atoms. The molecule has 90 valence electrons. The van der Waals surface area contributed by atoms with Crippen LogP contribution in [-0.4, -0.2) is 12.7 Å². The number of hydrogen-bond acceptors (Lipinski definition) is 2. The predicted molar refractivity (Wildman–Crippen MR) is 70.7 cm³/mol. The summed E-state index contributed by atoms with van der Waals surface area (Å²) in [7, 11) is 0. The Morgan fingerprint density at radius 3 is 2.81 bits per heavy atom. The monoisotopic (exact) mass is 278 g/mol. The second-order valence-electron chi connectivity index (χ2n) is 4.26. The summed E-state index contributed by atoms with van der Waals surface area (Å²) in [5, 5.41) is 0.116. The standard InChI is InChI=1S/C12H16Cl2OS/c1-2-15-9-5-8(6-9)7-10(13)11-3-4-12(14)16-11/h3-4,8-10H,2,5-7H2,1H3. The molecule has 1 fully saturated rings. The molecule has 0 spiro atoms. The van der Waals surface area contributed by atoms with Gasteiger partial charge in [-0.3, -0.25) is 0 Å². The molecule has 0 bridgehead atoms. The molecule has 0 N–H and O–H groups in total. The van der Waals surface area contributed by atoms with Gasteiger partial charge in [-0.1, -0.05) is 11.6 Å². The first kappa shape index (κ1) is 12.7. The summed E-state index contributed by atoms with van der Waals surface area (Å²) in [4.78, 5) is 1.19. The maximum Gasteiger partial charge on any atom is 0.0931 e. The lowest BCUT2D eigenvalue weighted by Crippen LogP contribution is -2.31. The van der Waals surface area contributed by atoms with Crippen molar-refractivity contribution in [3.8, 4) is 0 Å². The van der Waals surface area contributed by atoms with Crippen LogP contribution in [0.5, 0.6) is 0 Å². The van der Waals surface area contributed by atoms with Crippen molar-refractivity contribution >= 4 is 34.5 Å². The summed E-state index contributed by atoms with van der Waals surface area (Å²) in [5.74, 6) is 0.722. The highest BCUT2D eigenvalue weighted by atomic mass is 35.5. The molecular formula is C12H16Cl2OS. The summed E-state index contributed by atoms with van der Waals surface area (Å²) in [6, 6.07) is 3.95. The molecule has 0 radical (unpaired) electrons. The number of alkyl halides is 1. The maximum absolute atomic E-state index is 6.36. The lowest BCUT2D eigenvalue weighted by molar-refractivity contribution is -0.0266. The minimum Gasteiger partial charge on any atom is -0.378 e. The van der Waals surface area contributed by atoms with Crippen LogP contribution in [0.25, 0.3) is 0 Å². The first-order chi connectivity index (χ1) is 7.69. The van der Waals surface area contributed by atoms with Gasteiger partial charge in [0.05, 0.1) is 15.8 Å². The van der Waals surface area contributed by atoms with E-state index in [9.17, 15) is 0 Å². The Kier molecular flexibility index (Phi) is 4.54. The lowest BCUT2D eigenvalue weighted by atomic mass is 9.79. The fourth-order valence-corrected chi connectivity index (χ4v) is 3.65. The Bertz CT molecular complexity index is 334. The van der Waals surface area contributed by atoms with Crippen LogP contribution in [0.1, 0.15) is 36.4 Å². The third-order valence-electron chi connectivity index (χ3n) is 3.04. The molecule has 0 aliphatic heterocycles. The molecule has 1 aliphatic carbocycles. The van der Waals surface area contributed by atoms with Crippen molar-refractivity contribution in [2.75, 3.05) is 6.61 Å². The summed E-state index contributed by atoms with van der Waals surface area (Å²) < 4.78 is 6.36. The normalized spacial score (nSPS) is 26.4. The Morgan fingerprint density at radius 1 is 1.50 bits per heavy atom. The number of hydrogen-bond donors (Lipinski definition) is 0. The SMILES string of the molecule is CCOC1CC(CC(Cl)c2ccc(Cl)s2)C1. The third kappa shape index (κ3) is 3.13. The molecule has 1 heterocycles. The molecule has 1 aromatic rings. The van der Waals surface area contributed by atoms with E-state index < -0.39 is 0 Å². The van der Waals surface area contributed by atoms with Crippen LogP contribution in [0.4, 0.5) is 0 Å². The van der Waals surface area contributed by atoms with Gasteiger partial charge in [0.1, 0.15) is 0 Å². The van der Waals surface area contributed by atoms with Gasteiger partial charge < -0.3 is 4.74 Å². The van der Waals surface area contributed by atoms with E-state index in [1.54, 1.807) is 11.3 Å². The van der Waals surface area contributed by atoms with E-state index in [2.05, 4.69) is 0 Å². The van der Waals surface area contributed by atoms with Crippen molar-refractivity contribution in [1.82, 2.24) is 0 Å². The highest BCUT2D eigenvalue weighted by molar-refractivity contribution is 7.16. The van der Waals surface area contributed by atoms with Crippen LogP contribution in [0.3, 0.4) is 0 Å². The van der Waals surface area contributed by atoms with Gasteiger partial charge in [0.25, 0.3) is 0 Å². The molecule has 0 saturated heterocycles. The highest BCUT2D eigenvalue weighted by Gasteiger charge is 2.31. The fraction of sp³-hybridized carbons (Fsp3) is 0.667. The van der Waals surface area contributed by atoms with Crippen molar-refractivity contribution in [2.45, 2.75) is 37.7 Å². The second-order valence-corrected chi connectivity index (χ2v) is 6.53. The van der Waals surface area contributed by atoms with Crippen LogP contribution >= 0.6 is 34.5 Å². The van der Waals surface area contributed by atoms with E-state index in [1.807, 2.05) is 19.1 Å². The van der Waals surface area contributed by atoms with Gasteiger partial charge in [-0.25, -0.2) is 0 Å². The first-order valence-electron chi connectivity index (χ1n) is 5.70. The van der Waals surface area contributed by atoms with Gasteiger partial charge in [-0.2, -0.15) is 0 Å². The van der Waals surface area contributed by atoms with E-state index in [1.165, 1.54) is 4.88 Å². The van der Waals surface area contributed by atoms with Crippen LogP contribution in [0.2, 0.25) is 4.34 Å². The molecule has 1 saturated carbocycles. The zero-order valence-electron chi connectivity index (χ0n) is 9.29. The van der Waals surface area contributed by atoms with Crippen LogP contribution < -0.4 is 0 Å². The molecule has 1 aromatic heterocycles. The smallest absolute Gasteiger partial charge is 0.0931 e. The van der Waals surface area contributed by atoms with E-state index >= 15 is 0 Å². The first-order valence-corrected chi connectivity index (χ1v) is 7.33. The molecule has 1 nitrogen and oxygen atoms in total. The molecule has 1 aliphatic rings. The predicted octanol–water partition coefficient (Wildman–Crippen LogP) is 4.89. The quantitative estimate of drug-likeness (QED) is 0.697. The average molecular weight is 279 g/mol. The molecule has 0 aromatic carbocycles. The van der Waals surface area contributed by atoms with E-state index in [-0.39, 0.29) is 5.38 Å². The minimum absolute atomic E-state index is 0.116. The Balaban J connectivity index is 1.75. The molecule has 0 amide bonds. The van der Waals surface area contributed by atoms with Gasteiger partial charge in [-0.05, 0) is 44.2 Å². The van der Waals surface area contributed by atoms with E-state index in [0.29, 0.717) is 6.10 Å². The van der Waals surface area contributed by atoms with Gasteiger partial charge in [-0.15, -0.1) is 22.9 Å². The van der Waals surface area contributed by atoms with Gasteiger partial charge in [0.15, 0.2) is 0 Å². The van der Waals surface area contributed by atoms with Crippen molar-refractivity contribution in [2.24, 2.45) is 5.92 Å². The Morgan fingerprint density at radius 2 is 2.25 bits per heavy atom. The molecule has 2 rings (SSSR count). The minimum atomic E-state index is 0.116. The third-order valence-corrected chi connectivity index (χ3v) is 4.93. The largest absolute Gasteiger partial charge is 0.378 e. The van der Waals surface area contributed by atoms with Crippen LogP contribution in [0.15, 0.2) is 12.1 Å². The van der Waals surface area contributed by atoms with Gasteiger partial charge >= 0.3 is 0 Å². The molecule has 1 atom stereocenters. The van der Waals surface area contributed by atoms with Gasteiger partial charge in [0, 0.05) is 11.5 Å². The second kappa shape index (κ2) is 5.72. The van der Waals surface area contributed by atoms with Crippen molar-refractivity contribution < 1.29 is 4.74 Å². The van der Waals surface area contributed by atoms with Crippen molar-refractivity contribution in [3.05, 3.63) is 21.3 Å². The molecular weight excluding hydrogens is 263 g/mol. The Labute approximate surface area is 111 Å². The number of rotatable bonds is 5. The van der Waals surface area contributed by atoms with E-state index in [4.69, 9.17) is 27.9 Å². The summed E-state index contributed by atoms with van der Waals surface area (Å²) in [6.07, 6.45) is 3.85. The zero-order valence-corrected chi connectivity index (χ0v) is 11.6.